The van der Waals surface area contributed by atoms with Crippen LogP contribution in [0.5, 0.6) is 0 Å². The van der Waals surface area contributed by atoms with Crippen molar-refractivity contribution >= 4 is 6.09 Å². The lowest BCUT2D eigenvalue weighted by atomic mass is 10.0. The Bertz CT molecular complexity index is 912. The van der Waals surface area contributed by atoms with Crippen LogP contribution in [0.15, 0.2) is 30.3 Å². The predicted octanol–water partition coefficient (Wildman–Crippen LogP) is 2.61. The van der Waals surface area contributed by atoms with Gasteiger partial charge in [0.1, 0.15) is 11.4 Å². The lowest BCUT2D eigenvalue weighted by molar-refractivity contribution is -0.148. The van der Waals surface area contributed by atoms with E-state index in [1.807, 2.05) is 30.3 Å². The topological polar surface area (TPSA) is 92.5 Å². The summed E-state index contributed by atoms with van der Waals surface area (Å²) in [5.41, 5.74) is 0.222. The van der Waals surface area contributed by atoms with Gasteiger partial charge in [-0.15, -0.1) is 10.2 Å². The van der Waals surface area contributed by atoms with Crippen molar-refractivity contribution in [3.63, 3.8) is 0 Å². The van der Waals surface area contributed by atoms with Crippen LogP contribution >= 0.6 is 0 Å². The second-order valence-corrected chi connectivity index (χ2v) is 8.83. The van der Waals surface area contributed by atoms with Gasteiger partial charge in [0.05, 0.1) is 18.7 Å². The molecule has 0 bridgehead atoms. The van der Waals surface area contributed by atoms with Crippen molar-refractivity contribution in [2.75, 3.05) is 13.1 Å². The van der Waals surface area contributed by atoms with E-state index in [-0.39, 0.29) is 32.0 Å². The Balaban J connectivity index is 1.68. The normalized spacial score (nSPS) is 16.8. The van der Waals surface area contributed by atoms with Gasteiger partial charge in [-0.25, -0.2) is 4.79 Å². The first-order valence-corrected chi connectivity index (χ1v) is 10.4. The molecule has 2 N–H and O–H groups in total. The molecule has 0 aliphatic carbocycles. The number of nitrogens with zero attached hydrogens (tertiary/aromatic N) is 4. The minimum absolute atomic E-state index is 0.0622. The van der Waals surface area contributed by atoms with Crippen LogP contribution in [0.25, 0.3) is 0 Å². The molecule has 2 atom stereocenters. The molecule has 0 saturated carbocycles. The predicted molar refractivity (Wildman–Crippen MR) is 110 cm³/mol. The Morgan fingerprint density at radius 3 is 2.50 bits per heavy atom. The van der Waals surface area contributed by atoms with Crippen LogP contribution in [0.1, 0.15) is 38.0 Å². The number of ether oxygens (including phenoxy) is 1. The molecule has 2 unspecified atom stereocenters. The molecule has 0 saturated heterocycles. The molecule has 3 rings (SSSR count). The minimum atomic E-state index is -4.56. The number of aromatic nitrogens is 3. The van der Waals surface area contributed by atoms with E-state index in [4.69, 9.17) is 4.74 Å². The molecule has 1 amide bonds. The maximum Gasteiger partial charge on any atom is 0.451 e. The summed E-state index contributed by atoms with van der Waals surface area (Å²) in [7, 11) is 0. The van der Waals surface area contributed by atoms with Crippen LogP contribution in [0, 0.1) is 0 Å². The largest absolute Gasteiger partial charge is 0.451 e. The lowest BCUT2D eigenvalue weighted by Gasteiger charge is -2.33. The number of β-amino-alcohol motifs (C(OH)–C–C–N with tert-alkyl or cyclic N) is 1. The zero-order valence-electron chi connectivity index (χ0n) is 18.3. The second-order valence-electron chi connectivity index (χ2n) is 8.83. The molecule has 1 aromatic heterocycles. The number of carbonyl (C=O) groups is 1. The van der Waals surface area contributed by atoms with Crippen molar-refractivity contribution in [1.82, 2.24) is 25.0 Å². The van der Waals surface area contributed by atoms with Crippen molar-refractivity contribution < 1.29 is 27.8 Å². The van der Waals surface area contributed by atoms with E-state index in [1.54, 1.807) is 25.7 Å². The number of amides is 1. The van der Waals surface area contributed by atoms with Crippen molar-refractivity contribution in [3.8, 4) is 0 Å². The average Bonchev–Trinajstić information content (AvgIpc) is 3.10. The number of aliphatic hydroxyl groups is 1. The number of aliphatic hydroxyl groups excluding tert-OH is 1. The second kappa shape index (κ2) is 9.45. The first-order chi connectivity index (χ1) is 14.9. The molecule has 1 aromatic carbocycles. The summed E-state index contributed by atoms with van der Waals surface area (Å²) < 4.78 is 45.5. The standard InChI is InChI=1S/C21H28F3N5O3/c1-20(2,3)32-19(31)25-15(11-14-7-5-4-6-8-14)16(30)12-28-9-10-29-17(13-28)26-27-18(29)21(22,23)24/h4-8,15-16,30H,9-13H2,1-3H3,(H,25,31). The summed E-state index contributed by atoms with van der Waals surface area (Å²) in [6.07, 6.45) is -5.83. The number of carbonyl (C=O) groups excluding carboxylic acids is 1. The number of alkyl carbamates (subject to hydrolysis) is 1. The monoisotopic (exact) mass is 455 g/mol. The van der Waals surface area contributed by atoms with Gasteiger partial charge in [-0.3, -0.25) is 4.90 Å². The number of rotatable bonds is 6. The van der Waals surface area contributed by atoms with Crippen LogP contribution in [-0.2, 0) is 30.4 Å². The molecular weight excluding hydrogens is 427 g/mol. The van der Waals surface area contributed by atoms with Gasteiger partial charge in [0, 0.05) is 19.6 Å². The quantitative estimate of drug-likeness (QED) is 0.696. The third kappa shape index (κ3) is 6.42. The number of halogens is 3. The molecule has 8 nitrogen and oxygen atoms in total. The Labute approximate surface area is 184 Å². The molecule has 0 spiro atoms. The maximum absolute atomic E-state index is 13.0. The van der Waals surface area contributed by atoms with E-state index in [9.17, 15) is 23.1 Å². The summed E-state index contributed by atoms with van der Waals surface area (Å²) >= 11 is 0. The van der Waals surface area contributed by atoms with E-state index >= 15 is 0 Å². The van der Waals surface area contributed by atoms with Crippen LogP contribution in [0.2, 0.25) is 0 Å². The van der Waals surface area contributed by atoms with Crippen LogP contribution in [-0.4, -0.2) is 61.7 Å². The van der Waals surface area contributed by atoms with E-state index in [0.29, 0.717) is 6.42 Å². The highest BCUT2D eigenvalue weighted by atomic mass is 19.4. The zero-order chi connectivity index (χ0) is 23.5. The number of alkyl halides is 3. The molecule has 1 aliphatic rings. The number of fused-ring (bicyclic) bond motifs is 1. The van der Waals surface area contributed by atoms with Gasteiger partial charge >= 0.3 is 12.3 Å². The van der Waals surface area contributed by atoms with Gasteiger partial charge in [-0.2, -0.15) is 13.2 Å². The third-order valence-electron chi connectivity index (χ3n) is 5.00. The molecule has 0 fully saturated rings. The number of hydrogen-bond donors (Lipinski definition) is 2. The van der Waals surface area contributed by atoms with E-state index in [0.717, 1.165) is 10.1 Å². The van der Waals surface area contributed by atoms with Gasteiger partial charge in [-0.05, 0) is 32.8 Å². The molecule has 2 aromatic rings. The van der Waals surface area contributed by atoms with E-state index < -0.39 is 35.8 Å². The van der Waals surface area contributed by atoms with Crippen molar-refractivity contribution in [1.29, 1.82) is 0 Å². The van der Waals surface area contributed by atoms with Crippen LogP contribution in [0.3, 0.4) is 0 Å². The summed E-state index contributed by atoms with van der Waals surface area (Å²) in [5, 5.41) is 20.6. The fourth-order valence-corrected chi connectivity index (χ4v) is 3.58. The molecular formula is C21H28F3N5O3. The van der Waals surface area contributed by atoms with Crippen molar-refractivity contribution in [2.24, 2.45) is 0 Å². The summed E-state index contributed by atoms with van der Waals surface area (Å²) in [5.74, 6) is -0.822. The molecule has 0 radical (unpaired) electrons. The maximum atomic E-state index is 13.0. The third-order valence-corrected chi connectivity index (χ3v) is 5.00. The summed E-state index contributed by atoms with van der Waals surface area (Å²) in [6, 6.07) is 8.72. The smallest absolute Gasteiger partial charge is 0.444 e. The highest BCUT2D eigenvalue weighted by Gasteiger charge is 2.39. The first kappa shape index (κ1) is 24.0. The summed E-state index contributed by atoms with van der Waals surface area (Å²) in [4.78, 5) is 14.1. The first-order valence-electron chi connectivity index (χ1n) is 10.4. The number of nitrogens with one attached hydrogen (secondary N) is 1. The molecule has 32 heavy (non-hydrogen) atoms. The van der Waals surface area contributed by atoms with Crippen molar-refractivity contribution in [3.05, 3.63) is 47.5 Å². The average molecular weight is 455 g/mol. The lowest BCUT2D eigenvalue weighted by Crippen LogP contribution is -2.51. The fourth-order valence-electron chi connectivity index (χ4n) is 3.58. The number of benzene rings is 1. The van der Waals surface area contributed by atoms with Gasteiger partial charge in [0.25, 0.3) is 0 Å². The SMILES string of the molecule is CC(C)(C)OC(=O)NC(Cc1ccccc1)C(O)CN1CCn2c(nnc2C(F)(F)F)C1. The van der Waals surface area contributed by atoms with Crippen LogP contribution in [0.4, 0.5) is 18.0 Å². The van der Waals surface area contributed by atoms with Gasteiger partial charge < -0.3 is 19.7 Å². The Kier molecular flexibility index (Phi) is 7.09. The van der Waals surface area contributed by atoms with E-state index in [2.05, 4.69) is 15.5 Å². The summed E-state index contributed by atoms with van der Waals surface area (Å²) in [6.45, 7) is 5.84. The van der Waals surface area contributed by atoms with Gasteiger partial charge in [0.15, 0.2) is 0 Å². The molecule has 2 heterocycles. The Morgan fingerprint density at radius 2 is 1.88 bits per heavy atom. The zero-order valence-corrected chi connectivity index (χ0v) is 18.3. The molecule has 11 heteroatoms. The van der Waals surface area contributed by atoms with Gasteiger partial charge in [0.2, 0.25) is 5.82 Å². The highest BCUT2D eigenvalue weighted by molar-refractivity contribution is 5.68. The van der Waals surface area contributed by atoms with Gasteiger partial charge in [-0.1, -0.05) is 30.3 Å². The molecule has 1 aliphatic heterocycles. The highest BCUT2D eigenvalue weighted by Crippen LogP contribution is 2.29. The number of hydrogen-bond acceptors (Lipinski definition) is 6. The van der Waals surface area contributed by atoms with E-state index in [1.165, 1.54) is 0 Å². The van der Waals surface area contributed by atoms with Crippen molar-refractivity contribution in [2.45, 2.75) is 64.2 Å². The fraction of sp³-hybridized carbons (Fsp3) is 0.571. The minimum Gasteiger partial charge on any atom is -0.444 e. The Hall–Kier alpha value is -2.66. The Morgan fingerprint density at radius 1 is 1.19 bits per heavy atom. The van der Waals surface area contributed by atoms with Crippen LogP contribution < -0.4 is 5.32 Å². The molecule has 176 valence electrons.